The summed E-state index contributed by atoms with van der Waals surface area (Å²) in [7, 11) is -3.28. The number of carbonyl (C=O) groups is 1. The predicted molar refractivity (Wildman–Crippen MR) is 105 cm³/mol. The summed E-state index contributed by atoms with van der Waals surface area (Å²) in [6, 6.07) is 5.65. The standard InChI is InChI=1S/C18H25N5O3S/c1-12-5-6-13(2)17(9-12)23-14(3)16(10-19-23)20-18(24)22-8-7-15(11-22)21-27(4,25)26/h5-6,9-10,15,21H,7-8,11H2,1-4H3,(H,20,24). The number of sulfonamides is 1. The minimum Gasteiger partial charge on any atom is -0.323 e. The van der Waals surface area contributed by atoms with E-state index in [1.165, 1.54) is 0 Å². The van der Waals surface area contributed by atoms with Crippen molar-refractivity contribution < 1.29 is 13.2 Å². The number of urea groups is 1. The fourth-order valence-electron chi connectivity index (χ4n) is 3.26. The molecule has 1 fully saturated rings. The van der Waals surface area contributed by atoms with E-state index >= 15 is 0 Å². The van der Waals surface area contributed by atoms with E-state index in [0.29, 0.717) is 25.2 Å². The Labute approximate surface area is 159 Å². The van der Waals surface area contributed by atoms with Crippen molar-refractivity contribution in [3.05, 3.63) is 41.2 Å². The summed E-state index contributed by atoms with van der Waals surface area (Å²) >= 11 is 0. The van der Waals surface area contributed by atoms with Crippen LogP contribution in [0, 0.1) is 20.8 Å². The van der Waals surface area contributed by atoms with E-state index in [-0.39, 0.29) is 12.1 Å². The molecule has 0 saturated carbocycles. The number of aromatic nitrogens is 2. The molecule has 2 N–H and O–H groups in total. The van der Waals surface area contributed by atoms with E-state index in [0.717, 1.165) is 28.8 Å². The Morgan fingerprint density at radius 2 is 2.00 bits per heavy atom. The Bertz CT molecular complexity index is 967. The highest BCUT2D eigenvalue weighted by Gasteiger charge is 2.28. The van der Waals surface area contributed by atoms with Crippen molar-refractivity contribution in [3.63, 3.8) is 0 Å². The minimum absolute atomic E-state index is 0.246. The van der Waals surface area contributed by atoms with Crippen molar-refractivity contribution in [2.75, 3.05) is 24.7 Å². The van der Waals surface area contributed by atoms with E-state index in [2.05, 4.69) is 27.3 Å². The van der Waals surface area contributed by atoms with Crippen LogP contribution in [0.2, 0.25) is 0 Å². The molecule has 2 aromatic rings. The van der Waals surface area contributed by atoms with Crippen molar-refractivity contribution >= 4 is 21.7 Å². The molecule has 3 rings (SSSR count). The summed E-state index contributed by atoms with van der Waals surface area (Å²) in [5.41, 5.74) is 4.69. The van der Waals surface area contributed by atoms with Crippen LogP contribution in [-0.2, 0) is 10.0 Å². The van der Waals surface area contributed by atoms with Gasteiger partial charge in [-0.1, -0.05) is 12.1 Å². The van der Waals surface area contributed by atoms with Gasteiger partial charge in [-0.2, -0.15) is 5.10 Å². The van der Waals surface area contributed by atoms with Gasteiger partial charge >= 0.3 is 6.03 Å². The largest absolute Gasteiger partial charge is 0.323 e. The molecule has 2 amide bonds. The average Bonchev–Trinajstić information content (AvgIpc) is 3.16. The molecule has 0 aliphatic carbocycles. The van der Waals surface area contributed by atoms with Gasteiger partial charge in [-0.05, 0) is 44.4 Å². The van der Waals surface area contributed by atoms with Crippen LogP contribution in [-0.4, -0.2) is 54.5 Å². The summed E-state index contributed by atoms with van der Waals surface area (Å²) in [5.74, 6) is 0. The number of hydrogen-bond donors (Lipinski definition) is 2. The third-order valence-electron chi connectivity index (χ3n) is 4.70. The Balaban J connectivity index is 1.71. The van der Waals surface area contributed by atoms with Crippen LogP contribution >= 0.6 is 0 Å². The van der Waals surface area contributed by atoms with Crippen LogP contribution in [0.15, 0.2) is 24.4 Å². The topological polar surface area (TPSA) is 96.3 Å². The van der Waals surface area contributed by atoms with Crippen LogP contribution in [0.5, 0.6) is 0 Å². The van der Waals surface area contributed by atoms with Crippen molar-refractivity contribution in [1.29, 1.82) is 0 Å². The van der Waals surface area contributed by atoms with Gasteiger partial charge in [0.1, 0.15) is 0 Å². The smallest absolute Gasteiger partial charge is 0.321 e. The first-order chi connectivity index (χ1) is 12.6. The molecule has 0 bridgehead atoms. The lowest BCUT2D eigenvalue weighted by Gasteiger charge is -2.17. The van der Waals surface area contributed by atoms with Gasteiger partial charge in [0.15, 0.2) is 0 Å². The Morgan fingerprint density at radius 3 is 2.70 bits per heavy atom. The molecule has 0 spiro atoms. The molecular weight excluding hydrogens is 366 g/mol. The maximum Gasteiger partial charge on any atom is 0.321 e. The zero-order valence-electron chi connectivity index (χ0n) is 16.0. The number of hydrogen-bond acceptors (Lipinski definition) is 4. The lowest BCUT2D eigenvalue weighted by molar-refractivity contribution is 0.221. The number of aryl methyl sites for hydroxylation is 2. The highest BCUT2D eigenvalue weighted by Crippen LogP contribution is 2.22. The van der Waals surface area contributed by atoms with Gasteiger partial charge in [0.2, 0.25) is 10.0 Å². The molecule has 1 atom stereocenters. The third kappa shape index (κ3) is 4.48. The van der Waals surface area contributed by atoms with E-state index < -0.39 is 10.0 Å². The molecule has 0 radical (unpaired) electrons. The molecule has 9 heteroatoms. The maximum absolute atomic E-state index is 12.5. The first-order valence-corrected chi connectivity index (χ1v) is 10.7. The highest BCUT2D eigenvalue weighted by molar-refractivity contribution is 7.88. The second-order valence-electron chi connectivity index (χ2n) is 7.10. The molecule has 27 heavy (non-hydrogen) atoms. The first kappa shape index (κ1) is 19.4. The second kappa shape index (κ2) is 7.32. The number of carbonyl (C=O) groups excluding carboxylic acids is 1. The van der Waals surface area contributed by atoms with E-state index in [4.69, 9.17) is 0 Å². The molecule has 8 nitrogen and oxygen atoms in total. The summed E-state index contributed by atoms with van der Waals surface area (Å²) in [6.07, 6.45) is 3.36. The van der Waals surface area contributed by atoms with Gasteiger partial charge in [0.25, 0.3) is 0 Å². The van der Waals surface area contributed by atoms with E-state index in [1.807, 2.05) is 31.5 Å². The molecule has 1 saturated heterocycles. The zero-order valence-corrected chi connectivity index (χ0v) is 16.8. The lowest BCUT2D eigenvalue weighted by atomic mass is 10.1. The van der Waals surface area contributed by atoms with E-state index in [1.54, 1.807) is 11.1 Å². The van der Waals surface area contributed by atoms with Gasteiger partial charge in [-0.15, -0.1) is 0 Å². The summed E-state index contributed by atoms with van der Waals surface area (Å²) in [5, 5.41) is 7.31. The first-order valence-electron chi connectivity index (χ1n) is 8.79. The number of benzene rings is 1. The SMILES string of the molecule is Cc1ccc(C)c(-n2ncc(NC(=O)N3CCC(NS(C)(=O)=O)C3)c2C)c1. The molecule has 2 heterocycles. The number of anilines is 1. The molecule has 1 aliphatic rings. The quantitative estimate of drug-likeness (QED) is 0.833. The summed E-state index contributed by atoms with van der Waals surface area (Å²) in [4.78, 5) is 14.2. The Kier molecular flexibility index (Phi) is 5.25. The van der Waals surface area contributed by atoms with Crippen molar-refractivity contribution in [3.8, 4) is 5.69 Å². The Hall–Kier alpha value is -2.39. The van der Waals surface area contributed by atoms with Gasteiger partial charge in [-0.3, -0.25) is 0 Å². The maximum atomic E-state index is 12.5. The fraction of sp³-hybridized carbons (Fsp3) is 0.444. The second-order valence-corrected chi connectivity index (χ2v) is 8.88. The van der Waals surface area contributed by atoms with Gasteiger partial charge in [0.05, 0.1) is 29.5 Å². The number of likely N-dealkylation sites (tertiary alicyclic amines) is 1. The van der Waals surface area contributed by atoms with Crippen LogP contribution in [0.3, 0.4) is 0 Å². The number of rotatable bonds is 4. The van der Waals surface area contributed by atoms with Crippen molar-refractivity contribution in [1.82, 2.24) is 19.4 Å². The molecule has 1 aromatic carbocycles. The highest BCUT2D eigenvalue weighted by atomic mass is 32.2. The summed E-state index contributed by atoms with van der Waals surface area (Å²) in [6.45, 7) is 6.81. The average molecular weight is 391 g/mol. The molecule has 1 unspecified atom stereocenters. The van der Waals surface area contributed by atoms with Crippen molar-refractivity contribution in [2.24, 2.45) is 0 Å². The van der Waals surface area contributed by atoms with Gasteiger partial charge in [0, 0.05) is 19.1 Å². The van der Waals surface area contributed by atoms with Crippen LogP contribution in [0.1, 0.15) is 23.2 Å². The van der Waals surface area contributed by atoms with Crippen LogP contribution < -0.4 is 10.0 Å². The van der Waals surface area contributed by atoms with Crippen LogP contribution in [0.4, 0.5) is 10.5 Å². The number of amides is 2. The zero-order chi connectivity index (χ0) is 19.8. The third-order valence-corrected chi connectivity index (χ3v) is 5.46. The minimum atomic E-state index is -3.28. The normalized spacial score (nSPS) is 17.3. The number of nitrogens with one attached hydrogen (secondary N) is 2. The monoisotopic (exact) mass is 391 g/mol. The van der Waals surface area contributed by atoms with Crippen molar-refractivity contribution in [2.45, 2.75) is 33.2 Å². The van der Waals surface area contributed by atoms with Gasteiger partial charge in [-0.25, -0.2) is 22.6 Å². The lowest BCUT2D eigenvalue weighted by Crippen LogP contribution is -2.39. The summed E-state index contributed by atoms with van der Waals surface area (Å²) < 4.78 is 27.1. The van der Waals surface area contributed by atoms with Crippen LogP contribution in [0.25, 0.3) is 5.69 Å². The molecular formula is C18H25N5O3S. The fourth-order valence-corrected chi connectivity index (χ4v) is 4.06. The van der Waals surface area contributed by atoms with E-state index in [9.17, 15) is 13.2 Å². The Morgan fingerprint density at radius 1 is 1.26 bits per heavy atom. The molecule has 146 valence electrons. The molecule has 1 aromatic heterocycles. The number of nitrogens with zero attached hydrogens (tertiary/aromatic N) is 3. The molecule has 1 aliphatic heterocycles. The van der Waals surface area contributed by atoms with Gasteiger partial charge < -0.3 is 10.2 Å². The predicted octanol–water partition coefficient (Wildman–Crippen LogP) is 1.95.